The normalized spacial score (nSPS) is 15.9. The van der Waals surface area contributed by atoms with E-state index >= 15 is 0 Å². The summed E-state index contributed by atoms with van der Waals surface area (Å²) in [6, 6.07) is 5.48. The van der Waals surface area contributed by atoms with Gasteiger partial charge in [-0.3, -0.25) is 0 Å². The number of nitrogens with one attached hydrogen (secondary N) is 1. The first-order valence-electron chi connectivity index (χ1n) is 13.0. The fourth-order valence-electron chi connectivity index (χ4n) is 4.47. The Morgan fingerprint density at radius 3 is 1.95 bits per heavy atom. The quantitative estimate of drug-likeness (QED) is 0.207. The fourth-order valence-corrected chi connectivity index (χ4v) is 4.47. The van der Waals surface area contributed by atoms with E-state index in [1.807, 2.05) is 0 Å². The molecule has 1 aliphatic rings. The average Bonchev–Trinajstić information content (AvgIpc) is 2.82. The number of dihydropyridines is 1. The van der Waals surface area contributed by atoms with Gasteiger partial charge in [-0.05, 0) is 33.3 Å². The molecule has 206 valence electrons. The lowest BCUT2D eigenvalue weighted by Gasteiger charge is -2.31. The van der Waals surface area contributed by atoms with Gasteiger partial charge in [0.25, 0.3) is 0 Å². The number of allylic oxidation sites excluding steroid dienone is 2. The highest BCUT2D eigenvalue weighted by atomic mass is 19.4. The topological polar surface area (TPSA) is 73.9 Å². The lowest BCUT2D eigenvalue weighted by atomic mass is 9.80. The van der Waals surface area contributed by atoms with E-state index in [1.165, 1.54) is 43.9 Å². The van der Waals surface area contributed by atoms with Crippen LogP contribution < -0.4 is 10.1 Å². The molecule has 0 spiro atoms. The Hall–Kier alpha value is -2.97. The van der Waals surface area contributed by atoms with Crippen molar-refractivity contribution in [2.45, 2.75) is 91.3 Å². The molecule has 0 amide bonds. The van der Waals surface area contributed by atoms with Gasteiger partial charge >= 0.3 is 18.3 Å². The second-order valence-corrected chi connectivity index (χ2v) is 9.05. The molecule has 1 unspecified atom stereocenters. The van der Waals surface area contributed by atoms with Gasteiger partial charge in [-0.15, -0.1) is 13.2 Å². The molecule has 0 fully saturated rings. The van der Waals surface area contributed by atoms with Crippen LogP contribution in [0.2, 0.25) is 0 Å². The summed E-state index contributed by atoms with van der Waals surface area (Å²) in [5.74, 6) is -3.10. The predicted molar refractivity (Wildman–Crippen MR) is 135 cm³/mol. The maximum Gasteiger partial charge on any atom is 0.573 e. The molecule has 37 heavy (non-hydrogen) atoms. The Balaban J connectivity index is 2.28. The number of para-hydroxylation sites is 1. The summed E-state index contributed by atoms with van der Waals surface area (Å²) in [6.45, 7) is 7.27. The van der Waals surface area contributed by atoms with Gasteiger partial charge in [0.05, 0.1) is 30.3 Å². The lowest BCUT2D eigenvalue weighted by Crippen LogP contribution is -2.33. The molecule has 1 atom stereocenters. The SMILES string of the molecule is CCCCCCCCCCOC(=O)C1=C(C)NC(C)=C(C(=O)OCC)C1c1ccccc1OC(F)(F)F. The monoisotopic (exact) mass is 525 g/mol. The van der Waals surface area contributed by atoms with Crippen LogP contribution in [-0.4, -0.2) is 31.5 Å². The molecule has 0 aromatic heterocycles. The highest BCUT2D eigenvalue weighted by Gasteiger charge is 2.41. The maximum absolute atomic E-state index is 13.3. The highest BCUT2D eigenvalue weighted by Crippen LogP contribution is 2.43. The highest BCUT2D eigenvalue weighted by molar-refractivity contribution is 6.00. The first-order valence-corrected chi connectivity index (χ1v) is 13.0. The van der Waals surface area contributed by atoms with Crippen LogP contribution in [0.15, 0.2) is 46.8 Å². The second-order valence-electron chi connectivity index (χ2n) is 9.05. The molecule has 0 aliphatic carbocycles. The smallest absolute Gasteiger partial charge is 0.463 e. The second kappa shape index (κ2) is 14.7. The number of alkyl halides is 3. The van der Waals surface area contributed by atoms with E-state index in [-0.39, 0.29) is 29.9 Å². The van der Waals surface area contributed by atoms with E-state index in [2.05, 4.69) is 17.0 Å². The molecule has 1 heterocycles. The van der Waals surface area contributed by atoms with Gasteiger partial charge in [0, 0.05) is 17.0 Å². The number of halogens is 3. The van der Waals surface area contributed by atoms with Crippen LogP contribution in [-0.2, 0) is 19.1 Å². The number of hydrogen-bond donors (Lipinski definition) is 1. The number of carbonyl (C=O) groups excluding carboxylic acids is 2. The molecule has 1 aliphatic heterocycles. The molecule has 0 saturated carbocycles. The van der Waals surface area contributed by atoms with Crippen molar-refractivity contribution >= 4 is 11.9 Å². The van der Waals surface area contributed by atoms with Crippen LogP contribution in [0.25, 0.3) is 0 Å². The summed E-state index contributed by atoms with van der Waals surface area (Å²) in [6.07, 6.45) is 3.66. The van der Waals surface area contributed by atoms with Crippen molar-refractivity contribution in [1.82, 2.24) is 5.32 Å². The zero-order valence-electron chi connectivity index (χ0n) is 22.1. The third kappa shape index (κ3) is 9.13. The minimum Gasteiger partial charge on any atom is -0.463 e. The standard InChI is InChI=1S/C28H38F3NO5/c1-5-7-8-9-10-11-12-15-18-36-27(34)24-20(4)32-19(3)23(26(33)35-6-2)25(24)21-16-13-14-17-22(21)37-28(29,30)31/h13-14,16-17,25,32H,5-12,15,18H2,1-4H3. The molecule has 0 saturated heterocycles. The summed E-state index contributed by atoms with van der Waals surface area (Å²) >= 11 is 0. The number of esters is 2. The maximum atomic E-state index is 13.3. The minimum atomic E-state index is -4.96. The van der Waals surface area contributed by atoms with Gasteiger partial charge in [-0.1, -0.05) is 70.1 Å². The lowest BCUT2D eigenvalue weighted by molar-refractivity contribution is -0.274. The Labute approximate surface area is 217 Å². The summed E-state index contributed by atoms with van der Waals surface area (Å²) in [5.41, 5.74) is 0.860. The molecule has 1 aromatic rings. The molecule has 6 nitrogen and oxygen atoms in total. The predicted octanol–water partition coefficient (Wildman–Crippen LogP) is 7.07. The summed E-state index contributed by atoms with van der Waals surface area (Å²) in [7, 11) is 0. The number of carbonyl (C=O) groups is 2. The first-order chi connectivity index (χ1) is 17.6. The largest absolute Gasteiger partial charge is 0.573 e. The third-order valence-electron chi connectivity index (χ3n) is 6.16. The van der Waals surface area contributed by atoms with E-state index < -0.39 is 30.0 Å². The Morgan fingerprint density at radius 1 is 0.838 bits per heavy atom. The van der Waals surface area contributed by atoms with Gasteiger partial charge in [0.15, 0.2) is 0 Å². The zero-order chi connectivity index (χ0) is 27.4. The van der Waals surface area contributed by atoms with E-state index in [0.717, 1.165) is 25.3 Å². The van der Waals surface area contributed by atoms with Crippen LogP contribution in [0.5, 0.6) is 5.75 Å². The van der Waals surface area contributed by atoms with Crippen molar-refractivity contribution in [2.24, 2.45) is 0 Å². The van der Waals surface area contributed by atoms with Crippen LogP contribution in [0.4, 0.5) is 13.2 Å². The summed E-state index contributed by atoms with van der Waals surface area (Å²) in [4.78, 5) is 26.2. The number of rotatable bonds is 14. The van der Waals surface area contributed by atoms with Gasteiger partial charge < -0.3 is 19.5 Å². The molecule has 1 N–H and O–H groups in total. The van der Waals surface area contributed by atoms with E-state index in [0.29, 0.717) is 17.8 Å². The first kappa shape index (κ1) is 30.3. The molecule has 1 aromatic carbocycles. The van der Waals surface area contributed by atoms with Gasteiger partial charge in [-0.2, -0.15) is 0 Å². The molecule has 2 rings (SSSR count). The van der Waals surface area contributed by atoms with Crippen molar-refractivity contribution in [3.8, 4) is 5.75 Å². The third-order valence-corrected chi connectivity index (χ3v) is 6.16. The Morgan fingerprint density at radius 2 is 1.38 bits per heavy atom. The van der Waals surface area contributed by atoms with Crippen molar-refractivity contribution in [3.63, 3.8) is 0 Å². The van der Waals surface area contributed by atoms with Crippen LogP contribution in [0.1, 0.15) is 90.5 Å². The number of unbranched alkanes of at least 4 members (excludes halogenated alkanes) is 7. The Kier molecular flexibility index (Phi) is 12.0. The van der Waals surface area contributed by atoms with Crippen molar-refractivity contribution in [1.29, 1.82) is 0 Å². The van der Waals surface area contributed by atoms with Crippen LogP contribution >= 0.6 is 0 Å². The number of hydrogen-bond acceptors (Lipinski definition) is 6. The molecular weight excluding hydrogens is 487 g/mol. The summed E-state index contributed by atoms with van der Waals surface area (Å²) in [5, 5.41) is 3.00. The molecule has 9 heteroatoms. The van der Waals surface area contributed by atoms with E-state index in [4.69, 9.17) is 9.47 Å². The average molecular weight is 526 g/mol. The molecule has 0 radical (unpaired) electrons. The molecule has 0 bridgehead atoms. The number of ether oxygens (including phenoxy) is 3. The Bertz CT molecular complexity index is 984. The van der Waals surface area contributed by atoms with Gasteiger partial charge in [-0.25, -0.2) is 9.59 Å². The fraction of sp³-hybridized carbons (Fsp3) is 0.571. The molecular formula is C28H38F3NO5. The van der Waals surface area contributed by atoms with Crippen molar-refractivity contribution in [2.75, 3.05) is 13.2 Å². The zero-order valence-corrected chi connectivity index (χ0v) is 22.1. The minimum absolute atomic E-state index is 0.0158. The van der Waals surface area contributed by atoms with Crippen LogP contribution in [0, 0.1) is 0 Å². The van der Waals surface area contributed by atoms with Gasteiger partial charge in [0.1, 0.15) is 5.75 Å². The van der Waals surface area contributed by atoms with Crippen molar-refractivity contribution < 1.29 is 37.0 Å². The van der Waals surface area contributed by atoms with Gasteiger partial charge in [0.2, 0.25) is 0 Å². The number of benzene rings is 1. The van der Waals surface area contributed by atoms with Crippen molar-refractivity contribution in [3.05, 3.63) is 52.4 Å². The summed E-state index contributed by atoms with van der Waals surface area (Å²) < 4.78 is 54.6. The van der Waals surface area contributed by atoms with E-state index in [1.54, 1.807) is 20.8 Å². The van der Waals surface area contributed by atoms with E-state index in [9.17, 15) is 22.8 Å². The van der Waals surface area contributed by atoms with Crippen LogP contribution in [0.3, 0.4) is 0 Å².